The normalized spacial score (nSPS) is 20.7. The summed E-state index contributed by atoms with van der Waals surface area (Å²) >= 11 is 0. The predicted molar refractivity (Wildman–Crippen MR) is 112 cm³/mol. The summed E-state index contributed by atoms with van der Waals surface area (Å²) in [5.74, 6) is 3.13. The van der Waals surface area contributed by atoms with Crippen molar-refractivity contribution in [2.24, 2.45) is 11.8 Å². The van der Waals surface area contributed by atoms with Crippen LogP contribution in [0, 0.1) is 11.8 Å². The second kappa shape index (κ2) is 9.91. The summed E-state index contributed by atoms with van der Waals surface area (Å²) in [5.41, 5.74) is 1.99. The number of hydrogen-bond donors (Lipinski definition) is 1. The van der Waals surface area contributed by atoms with E-state index in [1.54, 1.807) is 35.5 Å². The Morgan fingerprint density at radius 2 is 1.47 bits per heavy atom. The Bertz CT molecular complexity index is 826. The molecule has 0 amide bonds. The Morgan fingerprint density at radius 1 is 0.833 bits per heavy atom. The molecule has 2 aromatic rings. The van der Waals surface area contributed by atoms with Gasteiger partial charge >= 0.3 is 0 Å². The van der Waals surface area contributed by atoms with Crippen molar-refractivity contribution >= 4 is 0 Å². The van der Waals surface area contributed by atoms with Crippen LogP contribution >= 0.6 is 0 Å². The van der Waals surface area contributed by atoms with E-state index in [9.17, 15) is 5.11 Å². The highest BCUT2D eigenvalue weighted by atomic mass is 16.5. The number of hydrogen-bond acceptors (Lipinski definition) is 7. The largest absolute Gasteiger partial charge is 0.493 e. The van der Waals surface area contributed by atoms with E-state index in [0.717, 1.165) is 17.5 Å². The van der Waals surface area contributed by atoms with E-state index < -0.39 is 0 Å². The van der Waals surface area contributed by atoms with E-state index in [4.69, 9.17) is 28.4 Å². The van der Waals surface area contributed by atoms with Gasteiger partial charge in [0.05, 0.1) is 48.3 Å². The van der Waals surface area contributed by atoms with Gasteiger partial charge in [0.1, 0.15) is 0 Å². The lowest BCUT2D eigenvalue weighted by Gasteiger charge is -2.23. The van der Waals surface area contributed by atoms with Crippen molar-refractivity contribution in [3.8, 4) is 28.7 Å². The minimum atomic E-state index is -0.270. The molecular weight excluding hydrogens is 388 g/mol. The van der Waals surface area contributed by atoms with Crippen molar-refractivity contribution in [3.05, 3.63) is 41.5 Å². The maximum absolute atomic E-state index is 10.2. The van der Waals surface area contributed by atoms with Crippen LogP contribution in [0.5, 0.6) is 28.7 Å². The number of aliphatic hydroxyl groups excluding tert-OH is 1. The zero-order valence-corrected chi connectivity index (χ0v) is 18.1. The first-order chi connectivity index (χ1) is 14.6. The van der Waals surface area contributed by atoms with E-state index >= 15 is 0 Å². The highest BCUT2D eigenvalue weighted by Crippen LogP contribution is 2.46. The zero-order valence-electron chi connectivity index (χ0n) is 18.1. The average molecular weight is 418 g/mol. The fraction of sp³-hybridized carbons (Fsp3) is 0.478. The summed E-state index contributed by atoms with van der Waals surface area (Å²) in [5, 5.41) is 10.2. The second-order valence-corrected chi connectivity index (χ2v) is 7.21. The van der Waals surface area contributed by atoms with Gasteiger partial charge in [0.2, 0.25) is 5.75 Å². The standard InChI is InChI=1S/C23H30O7/c1-25-18-7-6-14(9-19(18)26-2)8-16-13-30-22(17(16)12-24)15-10-20(27-3)23(29-5)21(11-15)28-4/h6-7,9-11,16-17,22,24H,8,12-13H2,1-5H3/t16-,17-,22+/m0/s1. The van der Waals surface area contributed by atoms with Gasteiger partial charge in [0, 0.05) is 12.5 Å². The molecule has 0 aromatic heterocycles. The molecule has 3 rings (SSSR count). The summed E-state index contributed by atoms with van der Waals surface area (Å²) in [6.07, 6.45) is 0.487. The molecule has 0 spiro atoms. The number of aliphatic hydroxyl groups is 1. The highest BCUT2D eigenvalue weighted by Gasteiger charge is 2.38. The van der Waals surface area contributed by atoms with Crippen molar-refractivity contribution in [1.29, 1.82) is 0 Å². The van der Waals surface area contributed by atoms with Crippen molar-refractivity contribution in [1.82, 2.24) is 0 Å². The molecule has 0 bridgehead atoms. The average Bonchev–Trinajstić information content (AvgIpc) is 3.20. The van der Waals surface area contributed by atoms with Crippen LogP contribution in [0.2, 0.25) is 0 Å². The summed E-state index contributed by atoms with van der Waals surface area (Å²) in [4.78, 5) is 0. The molecule has 30 heavy (non-hydrogen) atoms. The molecule has 7 heteroatoms. The van der Waals surface area contributed by atoms with Crippen LogP contribution in [0.15, 0.2) is 30.3 Å². The van der Waals surface area contributed by atoms with Gasteiger partial charge in [-0.05, 0) is 47.7 Å². The molecule has 0 unspecified atom stereocenters. The first kappa shape index (κ1) is 22.1. The topological polar surface area (TPSA) is 75.6 Å². The van der Waals surface area contributed by atoms with Crippen molar-refractivity contribution < 1.29 is 33.5 Å². The monoisotopic (exact) mass is 418 g/mol. The molecule has 1 saturated heterocycles. The Morgan fingerprint density at radius 3 is 2.00 bits per heavy atom. The van der Waals surface area contributed by atoms with Gasteiger partial charge in [0.25, 0.3) is 0 Å². The summed E-state index contributed by atoms with van der Waals surface area (Å²) in [6.45, 7) is 0.556. The Balaban J connectivity index is 1.85. The third-order valence-corrected chi connectivity index (χ3v) is 5.66. The molecule has 1 aliphatic rings. The number of methoxy groups -OCH3 is 5. The number of rotatable bonds is 9. The van der Waals surface area contributed by atoms with Gasteiger partial charge in [-0.25, -0.2) is 0 Å². The molecule has 0 aliphatic carbocycles. The molecular formula is C23H30O7. The molecule has 3 atom stereocenters. The quantitative estimate of drug-likeness (QED) is 0.670. The SMILES string of the molecule is COc1ccc(C[C@H]2CO[C@H](c3cc(OC)c(OC)c(OC)c3)[C@H]2CO)cc1OC. The molecule has 1 fully saturated rings. The van der Waals surface area contributed by atoms with Crippen LogP contribution < -0.4 is 23.7 Å². The van der Waals surface area contributed by atoms with E-state index in [-0.39, 0.29) is 24.5 Å². The van der Waals surface area contributed by atoms with Gasteiger partial charge in [-0.2, -0.15) is 0 Å². The van der Waals surface area contributed by atoms with Crippen LogP contribution in [0.1, 0.15) is 17.2 Å². The molecule has 7 nitrogen and oxygen atoms in total. The van der Waals surface area contributed by atoms with Crippen molar-refractivity contribution in [2.75, 3.05) is 48.8 Å². The Labute approximate surface area is 177 Å². The van der Waals surface area contributed by atoms with E-state index in [0.29, 0.717) is 35.4 Å². The zero-order chi connectivity index (χ0) is 21.7. The lowest BCUT2D eigenvalue weighted by molar-refractivity contribution is 0.0715. The number of benzene rings is 2. The predicted octanol–water partition coefficient (Wildman–Crippen LogP) is 3.27. The summed E-state index contributed by atoms with van der Waals surface area (Å²) < 4.78 is 33.2. The van der Waals surface area contributed by atoms with E-state index in [1.807, 2.05) is 30.3 Å². The van der Waals surface area contributed by atoms with Gasteiger partial charge in [0.15, 0.2) is 23.0 Å². The Hall–Kier alpha value is -2.64. The van der Waals surface area contributed by atoms with Crippen molar-refractivity contribution in [2.45, 2.75) is 12.5 Å². The molecule has 0 radical (unpaired) electrons. The van der Waals surface area contributed by atoms with E-state index in [1.165, 1.54) is 0 Å². The van der Waals surface area contributed by atoms with Gasteiger partial charge < -0.3 is 33.5 Å². The third kappa shape index (κ3) is 4.27. The van der Waals surface area contributed by atoms with Crippen molar-refractivity contribution in [3.63, 3.8) is 0 Å². The second-order valence-electron chi connectivity index (χ2n) is 7.21. The maximum atomic E-state index is 10.2. The molecule has 1 aliphatic heterocycles. The third-order valence-electron chi connectivity index (χ3n) is 5.66. The van der Waals surface area contributed by atoms with Gasteiger partial charge in [-0.1, -0.05) is 6.07 Å². The fourth-order valence-electron chi connectivity index (χ4n) is 4.10. The molecule has 164 valence electrons. The molecule has 1 heterocycles. The summed E-state index contributed by atoms with van der Waals surface area (Å²) in [7, 11) is 7.98. The Kier molecular flexibility index (Phi) is 7.29. The van der Waals surface area contributed by atoms with Crippen LogP contribution in [0.3, 0.4) is 0 Å². The fourth-order valence-corrected chi connectivity index (χ4v) is 4.10. The maximum Gasteiger partial charge on any atom is 0.203 e. The first-order valence-corrected chi connectivity index (χ1v) is 9.83. The minimum absolute atomic E-state index is 0.0132. The van der Waals surface area contributed by atoms with E-state index in [2.05, 4.69) is 0 Å². The lowest BCUT2D eigenvalue weighted by atomic mass is 9.84. The molecule has 2 aromatic carbocycles. The number of ether oxygens (including phenoxy) is 6. The van der Waals surface area contributed by atoms with Gasteiger partial charge in [-0.3, -0.25) is 0 Å². The molecule has 1 N–H and O–H groups in total. The van der Waals surface area contributed by atoms with Crippen LogP contribution in [0.4, 0.5) is 0 Å². The highest BCUT2D eigenvalue weighted by molar-refractivity contribution is 5.54. The molecule has 0 saturated carbocycles. The smallest absolute Gasteiger partial charge is 0.203 e. The van der Waals surface area contributed by atoms with Crippen LogP contribution in [0.25, 0.3) is 0 Å². The minimum Gasteiger partial charge on any atom is -0.493 e. The first-order valence-electron chi connectivity index (χ1n) is 9.83. The van der Waals surface area contributed by atoms with Crippen LogP contribution in [-0.2, 0) is 11.2 Å². The van der Waals surface area contributed by atoms with Gasteiger partial charge in [-0.15, -0.1) is 0 Å². The lowest BCUT2D eigenvalue weighted by Crippen LogP contribution is -2.21. The summed E-state index contributed by atoms with van der Waals surface area (Å²) in [6, 6.07) is 9.65. The van der Waals surface area contributed by atoms with Crippen LogP contribution in [-0.4, -0.2) is 53.9 Å².